The molecule has 0 bridgehead atoms. The van der Waals surface area contributed by atoms with Gasteiger partial charge in [-0.2, -0.15) is 0 Å². The Balaban J connectivity index is 1.46. The largest absolute Gasteiger partial charge is 0.387 e. The van der Waals surface area contributed by atoms with E-state index in [1.807, 2.05) is 60.7 Å². The Labute approximate surface area is 150 Å². The summed E-state index contributed by atoms with van der Waals surface area (Å²) in [4.78, 5) is 0.969. The fourth-order valence-electron chi connectivity index (χ4n) is 3.09. The monoisotopic (exact) mass is 360 g/mol. The second kappa shape index (κ2) is 7.45. The summed E-state index contributed by atoms with van der Waals surface area (Å²) in [5.41, 5.74) is 0.308. The first-order valence-corrected chi connectivity index (χ1v) is 9.15. The zero-order valence-electron chi connectivity index (χ0n) is 13.5. The third-order valence-electron chi connectivity index (χ3n) is 4.40. The number of thioether (sulfide) groups is 1. The summed E-state index contributed by atoms with van der Waals surface area (Å²) in [7, 11) is 0. The zero-order valence-corrected chi connectivity index (χ0v) is 14.3. The van der Waals surface area contributed by atoms with Crippen LogP contribution in [0.15, 0.2) is 65.6 Å². The molecule has 2 heterocycles. The van der Waals surface area contributed by atoms with Crippen molar-refractivity contribution < 1.29 is 24.4 Å². The van der Waals surface area contributed by atoms with Crippen molar-refractivity contribution in [3.05, 3.63) is 66.2 Å². The first kappa shape index (κ1) is 17.0. The molecule has 2 saturated heterocycles. The highest BCUT2D eigenvalue weighted by Crippen LogP contribution is 2.38. The SMILES string of the molecule is O[C@@H]1[C@H](O)[C@@H]2OC(c3ccccc3)OC[C@H]2O[C@H]1Sc1ccccc1. The Bertz CT molecular complexity index is 681. The van der Waals surface area contributed by atoms with E-state index >= 15 is 0 Å². The Morgan fingerprint density at radius 1 is 0.840 bits per heavy atom. The molecule has 2 aromatic rings. The summed E-state index contributed by atoms with van der Waals surface area (Å²) in [5.74, 6) is 0. The molecule has 0 aromatic heterocycles. The van der Waals surface area contributed by atoms with Gasteiger partial charge in [0, 0.05) is 10.5 Å². The van der Waals surface area contributed by atoms with Gasteiger partial charge in [-0.3, -0.25) is 0 Å². The van der Waals surface area contributed by atoms with Gasteiger partial charge >= 0.3 is 0 Å². The third kappa shape index (κ3) is 3.60. The smallest absolute Gasteiger partial charge is 0.184 e. The number of fused-ring (bicyclic) bond motifs is 1. The van der Waals surface area contributed by atoms with Gasteiger partial charge in [0.1, 0.15) is 29.9 Å². The van der Waals surface area contributed by atoms with Crippen LogP contribution < -0.4 is 0 Å². The molecule has 2 fully saturated rings. The molecule has 132 valence electrons. The van der Waals surface area contributed by atoms with E-state index in [0.29, 0.717) is 6.61 Å². The maximum absolute atomic E-state index is 10.6. The molecule has 2 N–H and O–H groups in total. The van der Waals surface area contributed by atoms with Crippen LogP contribution in [0.5, 0.6) is 0 Å². The first-order valence-electron chi connectivity index (χ1n) is 8.28. The average Bonchev–Trinajstić information content (AvgIpc) is 2.67. The van der Waals surface area contributed by atoms with E-state index in [1.54, 1.807) is 0 Å². The minimum atomic E-state index is -1.04. The minimum absolute atomic E-state index is 0.305. The maximum Gasteiger partial charge on any atom is 0.184 e. The van der Waals surface area contributed by atoms with Crippen LogP contribution in [-0.2, 0) is 14.2 Å². The lowest BCUT2D eigenvalue weighted by Gasteiger charge is -2.46. The van der Waals surface area contributed by atoms with Crippen molar-refractivity contribution in [2.75, 3.05) is 6.61 Å². The molecule has 0 aliphatic carbocycles. The van der Waals surface area contributed by atoms with Gasteiger partial charge in [-0.15, -0.1) is 0 Å². The molecule has 6 atom stereocenters. The highest BCUT2D eigenvalue weighted by Gasteiger charge is 2.49. The van der Waals surface area contributed by atoms with Crippen molar-refractivity contribution in [1.82, 2.24) is 0 Å². The summed E-state index contributed by atoms with van der Waals surface area (Å²) in [6.07, 6.45) is -3.68. The predicted octanol–water partition coefficient (Wildman–Crippen LogP) is 2.34. The van der Waals surface area contributed by atoms with E-state index in [9.17, 15) is 10.2 Å². The van der Waals surface area contributed by atoms with Crippen LogP contribution in [0.25, 0.3) is 0 Å². The first-order chi connectivity index (χ1) is 12.2. The molecule has 1 unspecified atom stereocenters. The van der Waals surface area contributed by atoms with Gasteiger partial charge in [-0.1, -0.05) is 60.3 Å². The second-order valence-electron chi connectivity index (χ2n) is 6.13. The summed E-state index contributed by atoms with van der Waals surface area (Å²) in [6.45, 7) is 0.305. The van der Waals surface area contributed by atoms with Crippen molar-refractivity contribution in [2.45, 2.75) is 41.0 Å². The van der Waals surface area contributed by atoms with E-state index in [4.69, 9.17) is 14.2 Å². The van der Waals surface area contributed by atoms with Crippen molar-refractivity contribution in [2.24, 2.45) is 0 Å². The normalized spacial score (nSPS) is 35.1. The lowest BCUT2D eigenvalue weighted by atomic mass is 9.99. The molecule has 5 nitrogen and oxygen atoms in total. The molecular weight excluding hydrogens is 340 g/mol. The number of aliphatic hydroxyl groups excluding tert-OH is 2. The Morgan fingerprint density at radius 3 is 2.24 bits per heavy atom. The number of aliphatic hydroxyl groups is 2. The molecule has 25 heavy (non-hydrogen) atoms. The van der Waals surface area contributed by atoms with E-state index in [1.165, 1.54) is 11.8 Å². The van der Waals surface area contributed by atoms with Crippen LogP contribution >= 0.6 is 11.8 Å². The average molecular weight is 360 g/mol. The number of hydrogen-bond donors (Lipinski definition) is 2. The van der Waals surface area contributed by atoms with Crippen molar-refractivity contribution in [3.63, 3.8) is 0 Å². The van der Waals surface area contributed by atoms with Crippen LogP contribution in [0.3, 0.4) is 0 Å². The highest BCUT2D eigenvalue weighted by molar-refractivity contribution is 7.99. The molecule has 0 saturated carbocycles. The number of benzene rings is 2. The zero-order chi connectivity index (χ0) is 17.2. The number of hydrogen-bond acceptors (Lipinski definition) is 6. The quantitative estimate of drug-likeness (QED) is 0.876. The summed E-state index contributed by atoms with van der Waals surface area (Å²) in [5, 5.41) is 21.0. The van der Waals surface area contributed by atoms with E-state index in [-0.39, 0.29) is 0 Å². The van der Waals surface area contributed by atoms with Crippen LogP contribution in [0.1, 0.15) is 11.9 Å². The van der Waals surface area contributed by atoms with Crippen molar-refractivity contribution in [1.29, 1.82) is 0 Å². The van der Waals surface area contributed by atoms with Crippen LogP contribution in [-0.4, -0.2) is 46.7 Å². The minimum Gasteiger partial charge on any atom is -0.387 e. The van der Waals surface area contributed by atoms with Gasteiger partial charge in [-0.25, -0.2) is 0 Å². The Morgan fingerprint density at radius 2 is 1.52 bits per heavy atom. The van der Waals surface area contributed by atoms with Crippen LogP contribution in [0.4, 0.5) is 0 Å². The molecule has 2 aliphatic rings. The van der Waals surface area contributed by atoms with Crippen molar-refractivity contribution >= 4 is 11.8 Å². The van der Waals surface area contributed by atoms with Crippen LogP contribution in [0.2, 0.25) is 0 Å². The summed E-state index contributed by atoms with van der Waals surface area (Å²) in [6, 6.07) is 19.2. The van der Waals surface area contributed by atoms with E-state index < -0.39 is 36.1 Å². The molecule has 2 aromatic carbocycles. The fourth-order valence-corrected chi connectivity index (χ4v) is 4.17. The van der Waals surface area contributed by atoms with Gasteiger partial charge in [0.25, 0.3) is 0 Å². The van der Waals surface area contributed by atoms with Gasteiger partial charge < -0.3 is 24.4 Å². The molecule has 0 spiro atoms. The lowest BCUT2D eigenvalue weighted by Crippen LogP contribution is -2.60. The Hall–Kier alpha value is -1.41. The summed E-state index contributed by atoms with van der Waals surface area (Å²) < 4.78 is 17.6. The molecule has 0 amide bonds. The summed E-state index contributed by atoms with van der Waals surface area (Å²) >= 11 is 1.39. The third-order valence-corrected chi connectivity index (χ3v) is 5.57. The lowest BCUT2D eigenvalue weighted by molar-refractivity contribution is -0.318. The van der Waals surface area contributed by atoms with Crippen LogP contribution in [0, 0.1) is 0 Å². The topological polar surface area (TPSA) is 68.2 Å². The van der Waals surface area contributed by atoms with Gasteiger partial charge in [0.2, 0.25) is 0 Å². The van der Waals surface area contributed by atoms with Gasteiger partial charge in [0.15, 0.2) is 6.29 Å². The molecular formula is C19H20O5S. The van der Waals surface area contributed by atoms with E-state index in [0.717, 1.165) is 10.5 Å². The maximum atomic E-state index is 10.6. The standard InChI is InChI=1S/C19H20O5S/c20-15-16(21)19(25-13-9-5-2-6-10-13)23-14-11-22-18(24-17(14)15)12-7-3-1-4-8-12/h1-10,14-21H,11H2/t14-,15+,16-,17-,18?,19+/m1/s1. The predicted molar refractivity (Wildman–Crippen MR) is 93.0 cm³/mol. The molecule has 2 aliphatic heterocycles. The molecule has 6 heteroatoms. The highest BCUT2D eigenvalue weighted by atomic mass is 32.2. The molecule has 0 radical (unpaired) electrons. The second-order valence-corrected chi connectivity index (χ2v) is 7.30. The Kier molecular flexibility index (Phi) is 5.08. The van der Waals surface area contributed by atoms with Crippen molar-refractivity contribution in [3.8, 4) is 0 Å². The molecule has 4 rings (SSSR count). The van der Waals surface area contributed by atoms with Gasteiger partial charge in [0.05, 0.1) is 6.61 Å². The fraction of sp³-hybridized carbons (Fsp3) is 0.368. The van der Waals surface area contributed by atoms with E-state index in [2.05, 4.69) is 0 Å². The number of rotatable bonds is 3. The van der Waals surface area contributed by atoms with Gasteiger partial charge in [-0.05, 0) is 12.1 Å². The number of ether oxygens (including phenoxy) is 3.